The zero-order chi connectivity index (χ0) is 19.2. The summed E-state index contributed by atoms with van der Waals surface area (Å²) in [5.74, 6) is -0.0571. The number of benzene rings is 2. The number of pyridine rings is 1. The van der Waals surface area contributed by atoms with Crippen LogP contribution >= 0.6 is 15.9 Å². The summed E-state index contributed by atoms with van der Waals surface area (Å²) < 4.78 is 0.957. The highest BCUT2D eigenvalue weighted by atomic mass is 79.9. The zero-order valence-corrected chi connectivity index (χ0v) is 17.0. The fourth-order valence-electron chi connectivity index (χ4n) is 2.83. The summed E-state index contributed by atoms with van der Waals surface area (Å²) in [5.41, 5.74) is 6.30. The Morgan fingerprint density at radius 1 is 1.00 bits per heavy atom. The third-order valence-electron chi connectivity index (χ3n) is 4.34. The van der Waals surface area contributed by atoms with E-state index >= 15 is 0 Å². The Morgan fingerprint density at radius 3 is 2.56 bits per heavy atom. The van der Waals surface area contributed by atoms with Gasteiger partial charge in [0.1, 0.15) is 0 Å². The molecule has 0 saturated carbocycles. The molecule has 0 unspecified atom stereocenters. The smallest absolute Gasteiger partial charge is 0.228 e. The molecule has 5 heteroatoms. The standard InChI is InChI=1S/C22H22BrN3O/c1-15-3-4-16(2)18(11-15)14-25-21-13-19(23)5-6-20(21)26-22(27)12-17-7-9-24-10-8-17/h3-11,13,25H,12,14H2,1-2H3,(H,26,27). The predicted molar refractivity (Wildman–Crippen MR) is 114 cm³/mol. The third kappa shape index (κ3) is 5.41. The van der Waals surface area contributed by atoms with Crippen LogP contribution in [0.2, 0.25) is 0 Å². The van der Waals surface area contributed by atoms with E-state index in [2.05, 4.69) is 63.6 Å². The highest BCUT2D eigenvalue weighted by molar-refractivity contribution is 9.10. The zero-order valence-electron chi connectivity index (χ0n) is 15.4. The van der Waals surface area contributed by atoms with E-state index in [1.165, 1.54) is 16.7 Å². The molecular weight excluding hydrogens is 402 g/mol. The Kier molecular flexibility index (Phi) is 6.24. The number of hydrogen-bond acceptors (Lipinski definition) is 3. The van der Waals surface area contributed by atoms with Crippen LogP contribution < -0.4 is 10.6 Å². The first-order chi connectivity index (χ1) is 13.0. The van der Waals surface area contributed by atoms with Gasteiger partial charge in [-0.15, -0.1) is 0 Å². The van der Waals surface area contributed by atoms with Crippen molar-refractivity contribution in [2.24, 2.45) is 0 Å². The number of aromatic nitrogens is 1. The highest BCUT2D eigenvalue weighted by Gasteiger charge is 2.09. The lowest BCUT2D eigenvalue weighted by Crippen LogP contribution is -2.16. The number of amides is 1. The van der Waals surface area contributed by atoms with Gasteiger partial charge in [0.25, 0.3) is 0 Å². The van der Waals surface area contributed by atoms with Crippen LogP contribution in [0.4, 0.5) is 11.4 Å². The molecule has 0 aliphatic carbocycles. The van der Waals surface area contributed by atoms with E-state index in [0.717, 1.165) is 21.4 Å². The van der Waals surface area contributed by atoms with Crippen molar-refractivity contribution < 1.29 is 4.79 Å². The van der Waals surface area contributed by atoms with Crippen LogP contribution in [-0.4, -0.2) is 10.9 Å². The first-order valence-electron chi connectivity index (χ1n) is 8.79. The van der Waals surface area contributed by atoms with E-state index in [1.54, 1.807) is 12.4 Å². The van der Waals surface area contributed by atoms with E-state index in [4.69, 9.17) is 0 Å². The Labute approximate surface area is 168 Å². The van der Waals surface area contributed by atoms with Gasteiger partial charge in [0, 0.05) is 23.4 Å². The summed E-state index contributed by atoms with van der Waals surface area (Å²) in [6.07, 6.45) is 3.70. The molecule has 0 aliphatic heterocycles. The topological polar surface area (TPSA) is 54.0 Å². The lowest BCUT2D eigenvalue weighted by atomic mass is 10.1. The number of anilines is 2. The van der Waals surface area contributed by atoms with Crippen molar-refractivity contribution in [1.82, 2.24) is 4.98 Å². The predicted octanol–water partition coefficient (Wildman–Crippen LogP) is 5.25. The molecule has 4 nitrogen and oxygen atoms in total. The van der Waals surface area contributed by atoms with Gasteiger partial charge < -0.3 is 10.6 Å². The summed E-state index contributed by atoms with van der Waals surface area (Å²) in [7, 11) is 0. The third-order valence-corrected chi connectivity index (χ3v) is 4.84. The first-order valence-corrected chi connectivity index (χ1v) is 9.59. The van der Waals surface area contributed by atoms with Crippen molar-refractivity contribution in [2.45, 2.75) is 26.8 Å². The summed E-state index contributed by atoms with van der Waals surface area (Å²) in [6, 6.07) is 15.9. The van der Waals surface area contributed by atoms with Crippen molar-refractivity contribution in [3.63, 3.8) is 0 Å². The second-order valence-electron chi connectivity index (χ2n) is 6.55. The van der Waals surface area contributed by atoms with Crippen molar-refractivity contribution in [1.29, 1.82) is 0 Å². The Morgan fingerprint density at radius 2 is 1.78 bits per heavy atom. The summed E-state index contributed by atoms with van der Waals surface area (Å²) in [4.78, 5) is 16.4. The maximum atomic E-state index is 12.4. The average Bonchev–Trinajstić information content (AvgIpc) is 2.65. The van der Waals surface area contributed by atoms with Crippen LogP contribution in [0.15, 0.2) is 65.4 Å². The summed E-state index contributed by atoms with van der Waals surface area (Å²) in [6.45, 7) is 4.89. The number of carbonyl (C=O) groups is 1. The molecule has 3 aromatic rings. The maximum Gasteiger partial charge on any atom is 0.228 e. The number of aryl methyl sites for hydroxylation is 2. The quantitative estimate of drug-likeness (QED) is 0.568. The van der Waals surface area contributed by atoms with Crippen molar-refractivity contribution in [3.8, 4) is 0 Å². The van der Waals surface area contributed by atoms with Gasteiger partial charge in [-0.2, -0.15) is 0 Å². The Bertz CT molecular complexity index is 942. The van der Waals surface area contributed by atoms with Crippen LogP contribution in [0, 0.1) is 13.8 Å². The minimum absolute atomic E-state index is 0.0571. The number of rotatable bonds is 6. The second-order valence-corrected chi connectivity index (χ2v) is 7.47. The molecule has 0 spiro atoms. The molecule has 0 fully saturated rings. The molecule has 0 radical (unpaired) electrons. The van der Waals surface area contributed by atoms with Crippen LogP contribution in [0.5, 0.6) is 0 Å². The van der Waals surface area contributed by atoms with Crippen LogP contribution in [0.25, 0.3) is 0 Å². The Hall–Kier alpha value is -2.66. The Balaban J connectivity index is 1.73. The van der Waals surface area contributed by atoms with Crippen molar-refractivity contribution >= 4 is 33.2 Å². The largest absolute Gasteiger partial charge is 0.379 e. The number of carbonyl (C=O) groups excluding carboxylic acids is 1. The van der Waals surface area contributed by atoms with Gasteiger partial charge in [0.2, 0.25) is 5.91 Å². The van der Waals surface area contributed by atoms with Gasteiger partial charge in [-0.1, -0.05) is 39.7 Å². The summed E-state index contributed by atoms with van der Waals surface area (Å²) >= 11 is 3.51. The fraction of sp³-hybridized carbons (Fsp3) is 0.182. The molecule has 0 bridgehead atoms. The lowest BCUT2D eigenvalue weighted by Gasteiger charge is -2.15. The van der Waals surface area contributed by atoms with Gasteiger partial charge in [0.05, 0.1) is 17.8 Å². The minimum atomic E-state index is -0.0571. The van der Waals surface area contributed by atoms with Crippen LogP contribution in [0.3, 0.4) is 0 Å². The van der Waals surface area contributed by atoms with E-state index < -0.39 is 0 Å². The summed E-state index contributed by atoms with van der Waals surface area (Å²) in [5, 5.41) is 6.46. The number of nitrogens with zero attached hydrogens (tertiary/aromatic N) is 1. The highest BCUT2D eigenvalue weighted by Crippen LogP contribution is 2.27. The van der Waals surface area contributed by atoms with Crippen molar-refractivity contribution in [3.05, 3.63) is 87.7 Å². The molecule has 1 heterocycles. The molecule has 3 rings (SSSR count). The van der Waals surface area contributed by atoms with Gasteiger partial charge in [-0.3, -0.25) is 9.78 Å². The number of nitrogens with one attached hydrogen (secondary N) is 2. The SMILES string of the molecule is Cc1ccc(C)c(CNc2cc(Br)ccc2NC(=O)Cc2ccncc2)c1. The van der Waals surface area contributed by atoms with Crippen LogP contribution in [0.1, 0.15) is 22.3 Å². The fourth-order valence-corrected chi connectivity index (χ4v) is 3.19. The first kappa shape index (κ1) is 19.1. The van der Waals surface area contributed by atoms with Crippen LogP contribution in [-0.2, 0) is 17.8 Å². The maximum absolute atomic E-state index is 12.4. The number of halogens is 1. The molecule has 1 aromatic heterocycles. The molecule has 138 valence electrons. The van der Waals surface area contributed by atoms with Crippen molar-refractivity contribution in [2.75, 3.05) is 10.6 Å². The molecule has 0 saturated heterocycles. The van der Waals surface area contributed by atoms with Gasteiger partial charge in [-0.05, 0) is 60.9 Å². The monoisotopic (exact) mass is 423 g/mol. The normalized spacial score (nSPS) is 10.5. The average molecular weight is 424 g/mol. The van der Waals surface area contributed by atoms with Gasteiger partial charge in [-0.25, -0.2) is 0 Å². The molecule has 0 aliphatic rings. The van der Waals surface area contributed by atoms with E-state index in [0.29, 0.717) is 13.0 Å². The molecule has 27 heavy (non-hydrogen) atoms. The molecule has 1 amide bonds. The second kappa shape index (κ2) is 8.82. The lowest BCUT2D eigenvalue weighted by molar-refractivity contribution is -0.115. The van der Waals surface area contributed by atoms with E-state index in [-0.39, 0.29) is 5.91 Å². The van der Waals surface area contributed by atoms with E-state index in [1.807, 2.05) is 30.3 Å². The van der Waals surface area contributed by atoms with Gasteiger partial charge in [0.15, 0.2) is 0 Å². The number of hydrogen-bond donors (Lipinski definition) is 2. The molecule has 2 N–H and O–H groups in total. The van der Waals surface area contributed by atoms with E-state index in [9.17, 15) is 4.79 Å². The molecule has 2 aromatic carbocycles. The molecular formula is C22H22BrN3O. The van der Waals surface area contributed by atoms with Gasteiger partial charge >= 0.3 is 0 Å². The molecule has 0 atom stereocenters. The minimum Gasteiger partial charge on any atom is -0.379 e.